The number of ether oxygens (including phenoxy) is 1. The van der Waals surface area contributed by atoms with Gasteiger partial charge in [-0.2, -0.15) is 0 Å². The van der Waals surface area contributed by atoms with Crippen LogP contribution in [0.1, 0.15) is 22.8 Å². The molecule has 4 heteroatoms. The lowest BCUT2D eigenvalue weighted by Crippen LogP contribution is -2.01. The van der Waals surface area contributed by atoms with Crippen molar-refractivity contribution >= 4 is 22.8 Å². The van der Waals surface area contributed by atoms with E-state index in [9.17, 15) is 9.59 Å². The summed E-state index contributed by atoms with van der Waals surface area (Å²) >= 11 is 1.22. The fourth-order valence-electron chi connectivity index (χ4n) is 1.09. The summed E-state index contributed by atoms with van der Waals surface area (Å²) < 4.78 is 4.60. The molecule has 1 aromatic rings. The van der Waals surface area contributed by atoms with Crippen molar-refractivity contribution < 1.29 is 14.3 Å². The van der Waals surface area contributed by atoms with Crippen LogP contribution in [0.5, 0.6) is 0 Å². The first-order valence-corrected chi connectivity index (χ1v) is 5.42. The monoisotopic (exact) mass is 224 g/mol. The third-order valence-electron chi connectivity index (χ3n) is 1.79. The highest BCUT2D eigenvalue weighted by atomic mass is 32.2. The van der Waals surface area contributed by atoms with E-state index in [0.717, 1.165) is 5.56 Å². The van der Waals surface area contributed by atoms with Gasteiger partial charge in [-0.25, -0.2) is 4.79 Å². The van der Waals surface area contributed by atoms with Crippen LogP contribution in [0.25, 0.3) is 0 Å². The van der Waals surface area contributed by atoms with Gasteiger partial charge in [0, 0.05) is 12.7 Å². The average molecular weight is 224 g/mol. The standard InChI is InChI=1S/C11H12O3S/c1-8(12)15-7-9-4-3-5-10(6-9)11(13)14-2/h3-6H,7H2,1-2H3. The normalized spacial score (nSPS) is 9.73. The Labute approximate surface area is 92.8 Å². The summed E-state index contributed by atoms with van der Waals surface area (Å²) in [7, 11) is 1.35. The number of carbonyl (C=O) groups is 2. The Morgan fingerprint density at radius 1 is 1.40 bits per heavy atom. The molecule has 0 amide bonds. The molecule has 0 saturated heterocycles. The van der Waals surface area contributed by atoms with Crippen LogP contribution in [0, 0.1) is 0 Å². The summed E-state index contributed by atoms with van der Waals surface area (Å²) in [6.07, 6.45) is 0. The third-order valence-corrected chi connectivity index (χ3v) is 2.67. The molecule has 0 atom stereocenters. The van der Waals surface area contributed by atoms with Gasteiger partial charge < -0.3 is 4.74 Å². The van der Waals surface area contributed by atoms with Crippen LogP contribution in [0.2, 0.25) is 0 Å². The number of esters is 1. The van der Waals surface area contributed by atoms with E-state index in [1.807, 2.05) is 6.07 Å². The minimum Gasteiger partial charge on any atom is -0.465 e. The molecule has 0 aromatic heterocycles. The Kier molecular flexibility index (Phi) is 4.37. The van der Waals surface area contributed by atoms with Crippen molar-refractivity contribution in [2.45, 2.75) is 12.7 Å². The number of methoxy groups -OCH3 is 1. The molecule has 0 heterocycles. The largest absolute Gasteiger partial charge is 0.465 e. The van der Waals surface area contributed by atoms with E-state index in [4.69, 9.17) is 0 Å². The highest BCUT2D eigenvalue weighted by Gasteiger charge is 2.05. The van der Waals surface area contributed by atoms with Crippen LogP contribution in [0.15, 0.2) is 24.3 Å². The van der Waals surface area contributed by atoms with Crippen molar-refractivity contribution in [3.63, 3.8) is 0 Å². The van der Waals surface area contributed by atoms with Gasteiger partial charge >= 0.3 is 5.97 Å². The van der Waals surface area contributed by atoms with Crippen molar-refractivity contribution in [2.75, 3.05) is 7.11 Å². The molecule has 0 aliphatic heterocycles. The van der Waals surface area contributed by atoms with Gasteiger partial charge in [0.2, 0.25) is 0 Å². The van der Waals surface area contributed by atoms with Crippen LogP contribution in [-0.2, 0) is 15.3 Å². The van der Waals surface area contributed by atoms with E-state index in [-0.39, 0.29) is 11.1 Å². The Hall–Kier alpha value is -1.29. The number of benzene rings is 1. The Morgan fingerprint density at radius 2 is 2.13 bits per heavy atom. The topological polar surface area (TPSA) is 43.4 Å². The summed E-state index contributed by atoms with van der Waals surface area (Å²) in [5.74, 6) is 0.227. The number of rotatable bonds is 3. The molecule has 0 spiro atoms. The molecule has 0 bridgehead atoms. The van der Waals surface area contributed by atoms with Crippen LogP contribution in [0.3, 0.4) is 0 Å². The maximum absolute atomic E-state index is 11.2. The molecule has 0 aliphatic carbocycles. The van der Waals surface area contributed by atoms with Gasteiger partial charge in [0.15, 0.2) is 5.12 Å². The predicted molar refractivity (Wildman–Crippen MR) is 59.8 cm³/mol. The van der Waals surface area contributed by atoms with Gasteiger partial charge in [0.25, 0.3) is 0 Å². The first-order valence-electron chi connectivity index (χ1n) is 4.44. The van der Waals surface area contributed by atoms with Crippen molar-refractivity contribution in [1.82, 2.24) is 0 Å². The van der Waals surface area contributed by atoms with Crippen LogP contribution >= 0.6 is 11.8 Å². The van der Waals surface area contributed by atoms with Crippen molar-refractivity contribution in [3.8, 4) is 0 Å². The molecule has 0 unspecified atom stereocenters. The molecule has 0 aliphatic rings. The molecule has 1 aromatic carbocycles. The fourth-order valence-corrected chi connectivity index (χ4v) is 1.64. The van der Waals surface area contributed by atoms with Gasteiger partial charge in [-0.15, -0.1) is 0 Å². The van der Waals surface area contributed by atoms with E-state index in [0.29, 0.717) is 11.3 Å². The molecule has 3 nitrogen and oxygen atoms in total. The zero-order chi connectivity index (χ0) is 11.3. The van der Waals surface area contributed by atoms with Gasteiger partial charge in [-0.3, -0.25) is 4.79 Å². The molecule has 0 fully saturated rings. The number of hydrogen-bond donors (Lipinski definition) is 0. The lowest BCUT2D eigenvalue weighted by molar-refractivity contribution is -0.109. The molecule has 0 radical (unpaired) electrons. The molecule has 0 N–H and O–H groups in total. The highest BCUT2D eigenvalue weighted by Crippen LogP contribution is 2.14. The minimum atomic E-state index is -0.357. The summed E-state index contributed by atoms with van der Waals surface area (Å²) in [5, 5.41) is 0.0680. The van der Waals surface area contributed by atoms with Crippen molar-refractivity contribution in [2.24, 2.45) is 0 Å². The van der Waals surface area contributed by atoms with E-state index in [2.05, 4.69) is 4.74 Å². The lowest BCUT2D eigenvalue weighted by Gasteiger charge is -2.02. The van der Waals surface area contributed by atoms with E-state index >= 15 is 0 Å². The predicted octanol–water partition coefficient (Wildman–Crippen LogP) is 2.25. The first-order chi connectivity index (χ1) is 7.13. The van der Waals surface area contributed by atoms with Crippen LogP contribution < -0.4 is 0 Å². The second-order valence-corrected chi connectivity index (χ2v) is 4.12. The Bertz CT molecular complexity index is 374. The summed E-state index contributed by atoms with van der Waals surface area (Å²) in [6, 6.07) is 7.08. The van der Waals surface area contributed by atoms with Crippen LogP contribution in [0.4, 0.5) is 0 Å². The molecule has 0 saturated carbocycles. The maximum Gasteiger partial charge on any atom is 0.337 e. The van der Waals surface area contributed by atoms with E-state index < -0.39 is 0 Å². The van der Waals surface area contributed by atoms with Gasteiger partial charge in [-0.1, -0.05) is 23.9 Å². The van der Waals surface area contributed by atoms with Gasteiger partial charge in [0.05, 0.1) is 12.7 Å². The van der Waals surface area contributed by atoms with E-state index in [1.165, 1.54) is 25.8 Å². The lowest BCUT2D eigenvalue weighted by atomic mass is 10.1. The van der Waals surface area contributed by atoms with Crippen molar-refractivity contribution in [3.05, 3.63) is 35.4 Å². The smallest absolute Gasteiger partial charge is 0.337 e. The zero-order valence-corrected chi connectivity index (χ0v) is 9.47. The molecular weight excluding hydrogens is 212 g/mol. The Balaban J connectivity index is 2.74. The molecule has 80 valence electrons. The third kappa shape index (κ3) is 3.75. The molecular formula is C11H12O3S. The maximum atomic E-state index is 11.2. The summed E-state index contributed by atoms with van der Waals surface area (Å²) in [5.41, 5.74) is 1.46. The first kappa shape index (κ1) is 11.8. The van der Waals surface area contributed by atoms with Crippen LogP contribution in [-0.4, -0.2) is 18.2 Å². The fraction of sp³-hybridized carbons (Fsp3) is 0.273. The molecule has 1 rings (SSSR count). The van der Waals surface area contributed by atoms with Gasteiger partial charge in [-0.05, 0) is 17.7 Å². The quantitative estimate of drug-likeness (QED) is 0.739. The summed E-state index contributed by atoms with van der Waals surface area (Å²) in [6.45, 7) is 1.52. The summed E-state index contributed by atoms with van der Waals surface area (Å²) in [4.78, 5) is 22.0. The second kappa shape index (κ2) is 5.56. The van der Waals surface area contributed by atoms with Crippen molar-refractivity contribution in [1.29, 1.82) is 0 Å². The number of carbonyl (C=O) groups excluding carboxylic acids is 2. The zero-order valence-electron chi connectivity index (χ0n) is 8.65. The highest BCUT2D eigenvalue weighted by molar-refractivity contribution is 8.12. The number of hydrogen-bond acceptors (Lipinski definition) is 4. The van der Waals surface area contributed by atoms with E-state index in [1.54, 1.807) is 18.2 Å². The number of thioether (sulfide) groups is 1. The Morgan fingerprint density at radius 3 is 2.73 bits per heavy atom. The minimum absolute atomic E-state index is 0.0680. The average Bonchev–Trinajstić information content (AvgIpc) is 2.25. The van der Waals surface area contributed by atoms with Gasteiger partial charge in [0.1, 0.15) is 0 Å². The molecule has 15 heavy (non-hydrogen) atoms. The second-order valence-electron chi connectivity index (χ2n) is 2.97. The SMILES string of the molecule is COC(=O)c1cccc(CSC(C)=O)c1.